The van der Waals surface area contributed by atoms with Gasteiger partial charge in [0.15, 0.2) is 10.7 Å². The summed E-state index contributed by atoms with van der Waals surface area (Å²) in [5.74, 6) is -0.275. The third kappa shape index (κ3) is 3.62. The maximum absolute atomic E-state index is 15.1. The minimum Gasteiger partial charge on any atom is -0.383 e. The number of anilines is 2. The monoisotopic (exact) mass is 470 g/mol. The van der Waals surface area contributed by atoms with Crippen LogP contribution in [0, 0.1) is 19.7 Å². The highest BCUT2D eigenvalue weighted by Gasteiger charge is 2.26. The first-order valence-electron chi connectivity index (χ1n) is 10.6. The second-order valence-electron chi connectivity index (χ2n) is 8.30. The number of fused-ring (bicyclic) bond motifs is 1. The molecule has 0 aliphatic heterocycles. The Hall–Kier alpha value is -3.47. The van der Waals surface area contributed by atoms with Crippen LogP contribution in [0.15, 0.2) is 40.1 Å². The number of benzene rings is 1. The van der Waals surface area contributed by atoms with Crippen molar-refractivity contribution in [1.29, 1.82) is 0 Å². The lowest BCUT2D eigenvalue weighted by Gasteiger charge is -2.12. The SMILES string of the molecule is Cc1noc(C)c1S(=O)(=O)Nc1ccc(-c2cn(C3CCCC3)c3ncnc(N)c23)cc1F. The van der Waals surface area contributed by atoms with Crippen LogP contribution in [0.3, 0.4) is 0 Å². The first kappa shape index (κ1) is 21.4. The molecule has 0 atom stereocenters. The number of sulfonamides is 1. The van der Waals surface area contributed by atoms with Crippen molar-refractivity contribution in [3.63, 3.8) is 0 Å². The Morgan fingerprint density at radius 1 is 1.21 bits per heavy atom. The van der Waals surface area contributed by atoms with Gasteiger partial charge >= 0.3 is 0 Å². The number of halogens is 1. The summed E-state index contributed by atoms with van der Waals surface area (Å²) in [5.41, 5.74) is 8.17. The largest absolute Gasteiger partial charge is 0.383 e. The van der Waals surface area contributed by atoms with Crippen LogP contribution in [-0.4, -0.2) is 28.1 Å². The van der Waals surface area contributed by atoms with Gasteiger partial charge in [0.1, 0.15) is 29.3 Å². The van der Waals surface area contributed by atoms with Crippen LogP contribution >= 0.6 is 0 Å². The molecule has 1 saturated carbocycles. The second kappa shape index (κ2) is 7.84. The molecule has 11 heteroatoms. The zero-order chi connectivity index (χ0) is 23.3. The zero-order valence-corrected chi connectivity index (χ0v) is 19.0. The summed E-state index contributed by atoms with van der Waals surface area (Å²) in [4.78, 5) is 8.46. The highest BCUT2D eigenvalue weighted by molar-refractivity contribution is 7.92. The van der Waals surface area contributed by atoms with Crippen molar-refractivity contribution in [2.24, 2.45) is 0 Å². The van der Waals surface area contributed by atoms with Crippen molar-refractivity contribution in [2.75, 3.05) is 10.5 Å². The van der Waals surface area contributed by atoms with E-state index in [2.05, 4.69) is 24.4 Å². The molecule has 0 amide bonds. The fraction of sp³-hybridized carbons (Fsp3) is 0.318. The molecule has 1 fully saturated rings. The van der Waals surface area contributed by atoms with Gasteiger partial charge in [-0.25, -0.2) is 22.8 Å². The van der Waals surface area contributed by atoms with E-state index in [1.165, 1.54) is 32.3 Å². The number of nitrogens with one attached hydrogen (secondary N) is 1. The quantitative estimate of drug-likeness (QED) is 0.444. The maximum atomic E-state index is 15.1. The molecule has 172 valence electrons. The van der Waals surface area contributed by atoms with E-state index in [4.69, 9.17) is 10.3 Å². The standard InChI is InChI=1S/C22H23FN6O3S/c1-12-20(13(2)32-27-12)33(30,31)28-18-8-7-14(9-17(18)23)16-10-29(15-5-3-4-6-15)22-19(16)21(24)25-11-26-22/h7-11,15,28H,3-6H2,1-2H3,(H2,24,25,26). The van der Waals surface area contributed by atoms with Crippen molar-refractivity contribution < 1.29 is 17.3 Å². The van der Waals surface area contributed by atoms with Gasteiger partial charge in [-0.05, 0) is 44.4 Å². The van der Waals surface area contributed by atoms with Crippen molar-refractivity contribution >= 4 is 32.6 Å². The van der Waals surface area contributed by atoms with Crippen molar-refractivity contribution in [3.8, 4) is 11.1 Å². The van der Waals surface area contributed by atoms with Gasteiger partial charge in [-0.1, -0.05) is 24.1 Å². The molecule has 33 heavy (non-hydrogen) atoms. The fourth-order valence-corrected chi connectivity index (χ4v) is 6.01. The number of nitrogens with two attached hydrogens (primary N) is 1. The number of hydrogen-bond acceptors (Lipinski definition) is 7. The van der Waals surface area contributed by atoms with Crippen LogP contribution in [0.25, 0.3) is 22.2 Å². The Morgan fingerprint density at radius 2 is 1.97 bits per heavy atom. The molecular weight excluding hydrogens is 447 g/mol. The molecule has 0 spiro atoms. The van der Waals surface area contributed by atoms with E-state index in [0.717, 1.165) is 25.7 Å². The van der Waals surface area contributed by atoms with Gasteiger partial charge in [-0.2, -0.15) is 0 Å². The fourth-order valence-electron chi connectivity index (χ4n) is 4.61. The Bertz CT molecular complexity index is 1450. The summed E-state index contributed by atoms with van der Waals surface area (Å²) in [6.07, 6.45) is 7.76. The summed E-state index contributed by atoms with van der Waals surface area (Å²) in [6.45, 7) is 3.00. The van der Waals surface area contributed by atoms with Gasteiger partial charge in [0.25, 0.3) is 10.0 Å². The van der Waals surface area contributed by atoms with Gasteiger partial charge in [-0.3, -0.25) is 4.72 Å². The third-order valence-electron chi connectivity index (χ3n) is 6.12. The van der Waals surface area contributed by atoms with Crippen LogP contribution in [0.4, 0.5) is 15.9 Å². The minimum absolute atomic E-state index is 0.101. The summed E-state index contributed by atoms with van der Waals surface area (Å²) >= 11 is 0. The number of rotatable bonds is 5. The smallest absolute Gasteiger partial charge is 0.267 e. The molecule has 4 aromatic rings. The highest BCUT2D eigenvalue weighted by Crippen LogP contribution is 2.39. The summed E-state index contributed by atoms with van der Waals surface area (Å²) in [6, 6.07) is 4.63. The van der Waals surface area contributed by atoms with E-state index >= 15 is 4.39 Å². The van der Waals surface area contributed by atoms with Crippen molar-refractivity contribution in [3.05, 3.63) is 48.0 Å². The van der Waals surface area contributed by atoms with E-state index < -0.39 is 15.8 Å². The van der Waals surface area contributed by atoms with Crippen LogP contribution in [0.1, 0.15) is 43.2 Å². The lowest BCUT2D eigenvalue weighted by molar-refractivity contribution is 0.390. The molecule has 1 aliphatic carbocycles. The van der Waals surface area contributed by atoms with Crippen molar-refractivity contribution in [1.82, 2.24) is 19.7 Å². The van der Waals surface area contributed by atoms with Crippen LogP contribution in [0.2, 0.25) is 0 Å². The number of aromatic nitrogens is 4. The van der Waals surface area contributed by atoms with Crippen LogP contribution in [0.5, 0.6) is 0 Å². The van der Waals surface area contributed by atoms with Crippen LogP contribution in [-0.2, 0) is 10.0 Å². The second-order valence-corrected chi connectivity index (χ2v) is 9.92. The Kier molecular flexibility index (Phi) is 5.08. The predicted octanol–water partition coefficient (Wildman–Crippen LogP) is 4.34. The number of nitrogens with zero attached hydrogens (tertiary/aromatic N) is 4. The molecule has 3 heterocycles. The van der Waals surface area contributed by atoms with E-state index in [1.54, 1.807) is 6.07 Å². The normalized spacial score (nSPS) is 14.9. The molecular formula is C22H23FN6O3S. The molecule has 1 aliphatic rings. The topological polar surface area (TPSA) is 129 Å². The predicted molar refractivity (Wildman–Crippen MR) is 122 cm³/mol. The maximum Gasteiger partial charge on any atom is 0.267 e. The molecule has 9 nitrogen and oxygen atoms in total. The van der Waals surface area contributed by atoms with Gasteiger partial charge < -0.3 is 14.8 Å². The van der Waals surface area contributed by atoms with Gasteiger partial charge in [0, 0.05) is 17.8 Å². The van der Waals surface area contributed by atoms with Crippen molar-refractivity contribution in [2.45, 2.75) is 50.5 Å². The lowest BCUT2D eigenvalue weighted by Crippen LogP contribution is -2.15. The zero-order valence-electron chi connectivity index (χ0n) is 18.2. The van der Waals surface area contributed by atoms with Gasteiger partial charge in [0.2, 0.25) is 0 Å². The molecule has 5 rings (SSSR count). The summed E-state index contributed by atoms with van der Waals surface area (Å²) in [7, 11) is -4.07. The number of aryl methyl sites for hydroxylation is 2. The van der Waals surface area contributed by atoms with Gasteiger partial charge in [0.05, 0.1) is 11.1 Å². The average molecular weight is 471 g/mol. The lowest BCUT2D eigenvalue weighted by atomic mass is 10.1. The van der Waals surface area contributed by atoms with E-state index in [0.29, 0.717) is 34.0 Å². The summed E-state index contributed by atoms with van der Waals surface area (Å²) in [5, 5.41) is 4.32. The molecule has 0 bridgehead atoms. The van der Waals surface area contributed by atoms with Gasteiger partial charge in [-0.15, -0.1) is 0 Å². The Balaban J connectivity index is 1.55. The number of nitrogen functional groups attached to an aromatic ring is 1. The van der Waals surface area contributed by atoms with E-state index in [9.17, 15) is 8.42 Å². The molecule has 1 aromatic carbocycles. The summed E-state index contributed by atoms with van der Waals surface area (Å²) < 4.78 is 49.9. The Labute approximate surface area is 189 Å². The molecule has 0 saturated heterocycles. The highest BCUT2D eigenvalue weighted by atomic mass is 32.2. The van der Waals surface area contributed by atoms with E-state index in [1.807, 2.05) is 6.20 Å². The molecule has 0 radical (unpaired) electrons. The molecule has 3 aromatic heterocycles. The average Bonchev–Trinajstić information content (AvgIpc) is 3.49. The first-order valence-corrected chi connectivity index (χ1v) is 12.1. The Morgan fingerprint density at radius 3 is 2.64 bits per heavy atom. The van der Waals surface area contributed by atoms with E-state index in [-0.39, 0.29) is 22.0 Å². The molecule has 0 unspecified atom stereocenters. The first-order chi connectivity index (χ1) is 15.8. The van der Waals surface area contributed by atoms with Crippen LogP contribution < -0.4 is 10.5 Å². The molecule has 3 N–H and O–H groups in total. The number of hydrogen-bond donors (Lipinski definition) is 2. The third-order valence-corrected chi connectivity index (χ3v) is 7.73. The minimum atomic E-state index is -4.07.